The van der Waals surface area contributed by atoms with Gasteiger partial charge >= 0.3 is 0 Å². The number of hydrogen-bond donors (Lipinski definition) is 1. The van der Waals surface area contributed by atoms with Crippen molar-refractivity contribution in [3.63, 3.8) is 0 Å². The van der Waals surface area contributed by atoms with Crippen LogP contribution in [0.2, 0.25) is 0 Å². The predicted molar refractivity (Wildman–Crippen MR) is 76.9 cm³/mol. The lowest BCUT2D eigenvalue weighted by Gasteiger charge is -2.36. The third-order valence-electron chi connectivity index (χ3n) is 3.95. The number of pyridine rings is 1. The standard InChI is InChI=1S/C15H25N3/c1-11-7-8-18(10-13(11)16)14-6-5-12(9-17-14)15(2,3)4/h5-6,9,11,13H,7-8,10,16H2,1-4H3. The molecule has 100 valence electrons. The second kappa shape index (κ2) is 4.88. The molecule has 0 radical (unpaired) electrons. The Hall–Kier alpha value is -1.09. The van der Waals surface area contributed by atoms with Crippen LogP contribution >= 0.6 is 0 Å². The zero-order valence-electron chi connectivity index (χ0n) is 12.0. The molecule has 1 saturated heterocycles. The Balaban J connectivity index is 2.11. The Morgan fingerprint density at radius 1 is 1.33 bits per heavy atom. The van der Waals surface area contributed by atoms with E-state index in [0.29, 0.717) is 5.92 Å². The van der Waals surface area contributed by atoms with Crippen molar-refractivity contribution >= 4 is 5.82 Å². The van der Waals surface area contributed by atoms with Crippen molar-refractivity contribution in [3.05, 3.63) is 23.9 Å². The maximum atomic E-state index is 6.14. The highest BCUT2D eigenvalue weighted by atomic mass is 15.2. The van der Waals surface area contributed by atoms with Crippen molar-refractivity contribution in [1.82, 2.24) is 4.98 Å². The van der Waals surface area contributed by atoms with E-state index in [9.17, 15) is 0 Å². The SMILES string of the molecule is CC1CCN(c2ccc(C(C)(C)C)cn2)CC1N. The maximum Gasteiger partial charge on any atom is 0.128 e. The topological polar surface area (TPSA) is 42.2 Å². The molecule has 18 heavy (non-hydrogen) atoms. The number of anilines is 1. The zero-order valence-corrected chi connectivity index (χ0v) is 12.0. The van der Waals surface area contributed by atoms with Crippen LogP contribution in [0.4, 0.5) is 5.82 Å². The molecule has 0 aliphatic carbocycles. The molecule has 0 bridgehead atoms. The number of nitrogens with two attached hydrogens (primary N) is 1. The van der Waals surface area contributed by atoms with Gasteiger partial charge in [-0.15, -0.1) is 0 Å². The maximum absolute atomic E-state index is 6.14. The minimum Gasteiger partial charge on any atom is -0.355 e. The van der Waals surface area contributed by atoms with Gasteiger partial charge in [0.2, 0.25) is 0 Å². The molecule has 0 saturated carbocycles. The molecule has 3 nitrogen and oxygen atoms in total. The number of nitrogens with zero attached hydrogens (tertiary/aromatic N) is 2. The van der Waals surface area contributed by atoms with Gasteiger partial charge in [0.15, 0.2) is 0 Å². The lowest BCUT2D eigenvalue weighted by Crippen LogP contribution is -2.47. The summed E-state index contributed by atoms with van der Waals surface area (Å²) in [6, 6.07) is 4.58. The molecule has 2 unspecified atom stereocenters. The molecule has 0 spiro atoms. The van der Waals surface area contributed by atoms with Gasteiger partial charge in [-0.05, 0) is 29.4 Å². The van der Waals surface area contributed by atoms with Crippen LogP contribution in [-0.4, -0.2) is 24.1 Å². The van der Waals surface area contributed by atoms with Crippen LogP contribution in [0.1, 0.15) is 39.7 Å². The molecule has 1 fully saturated rings. The third kappa shape index (κ3) is 2.83. The summed E-state index contributed by atoms with van der Waals surface area (Å²) in [5, 5.41) is 0. The molecule has 1 aromatic rings. The predicted octanol–water partition coefficient (Wildman–Crippen LogP) is 2.55. The van der Waals surface area contributed by atoms with Gasteiger partial charge in [0.25, 0.3) is 0 Å². The summed E-state index contributed by atoms with van der Waals surface area (Å²) in [5.41, 5.74) is 7.58. The van der Waals surface area contributed by atoms with E-state index in [2.05, 4.69) is 49.7 Å². The van der Waals surface area contributed by atoms with Crippen molar-refractivity contribution in [2.45, 2.75) is 45.6 Å². The van der Waals surface area contributed by atoms with Gasteiger partial charge in [0.05, 0.1) is 0 Å². The first-order chi connectivity index (χ1) is 8.38. The Morgan fingerprint density at radius 3 is 2.56 bits per heavy atom. The van der Waals surface area contributed by atoms with Crippen LogP contribution in [-0.2, 0) is 5.41 Å². The van der Waals surface area contributed by atoms with Crippen molar-refractivity contribution < 1.29 is 0 Å². The van der Waals surface area contributed by atoms with Gasteiger partial charge in [0, 0.05) is 25.3 Å². The lowest BCUT2D eigenvalue weighted by atomic mass is 9.88. The van der Waals surface area contributed by atoms with E-state index in [4.69, 9.17) is 5.73 Å². The average molecular weight is 247 g/mol. The third-order valence-corrected chi connectivity index (χ3v) is 3.95. The van der Waals surface area contributed by atoms with E-state index in [0.717, 1.165) is 25.3 Å². The second-order valence-electron chi connectivity index (χ2n) is 6.53. The fourth-order valence-corrected chi connectivity index (χ4v) is 2.32. The van der Waals surface area contributed by atoms with Gasteiger partial charge in [-0.25, -0.2) is 4.98 Å². The molecule has 1 aliphatic rings. The first kappa shape index (κ1) is 13.3. The first-order valence-electron chi connectivity index (χ1n) is 6.85. The normalized spacial score (nSPS) is 25.3. The highest BCUT2D eigenvalue weighted by molar-refractivity contribution is 5.41. The zero-order chi connectivity index (χ0) is 13.3. The van der Waals surface area contributed by atoms with Gasteiger partial charge in [0.1, 0.15) is 5.82 Å². The van der Waals surface area contributed by atoms with E-state index in [1.165, 1.54) is 5.56 Å². The molecule has 2 N–H and O–H groups in total. The molecular weight excluding hydrogens is 222 g/mol. The van der Waals surface area contributed by atoms with Gasteiger partial charge in [-0.2, -0.15) is 0 Å². The summed E-state index contributed by atoms with van der Waals surface area (Å²) >= 11 is 0. The van der Waals surface area contributed by atoms with Crippen LogP contribution in [0.5, 0.6) is 0 Å². The van der Waals surface area contributed by atoms with Crippen molar-refractivity contribution in [3.8, 4) is 0 Å². The summed E-state index contributed by atoms with van der Waals surface area (Å²) in [4.78, 5) is 6.90. The van der Waals surface area contributed by atoms with Crippen molar-refractivity contribution in [2.75, 3.05) is 18.0 Å². The summed E-state index contributed by atoms with van der Waals surface area (Å²) in [6.07, 6.45) is 3.16. The quantitative estimate of drug-likeness (QED) is 0.829. The fraction of sp³-hybridized carbons (Fsp3) is 0.667. The van der Waals surface area contributed by atoms with E-state index in [-0.39, 0.29) is 11.5 Å². The molecule has 1 aromatic heterocycles. The fourth-order valence-electron chi connectivity index (χ4n) is 2.32. The van der Waals surface area contributed by atoms with Crippen LogP contribution in [0.15, 0.2) is 18.3 Å². The van der Waals surface area contributed by atoms with Crippen molar-refractivity contribution in [2.24, 2.45) is 11.7 Å². The summed E-state index contributed by atoms with van der Waals surface area (Å²) < 4.78 is 0. The molecule has 2 atom stereocenters. The molecule has 2 heterocycles. The highest BCUT2D eigenvalue weighted by Crippen LogP contribution is 2.25. The number of rotatable bonds is 1. The number of piperidine rings is 1. The summed E-state index contributed by atoms with van der Waals surface area (Å²) in [7, 11) is 0. The second-order valence-corrected chi connectivity index (χ2v) is 6.53. The summed E-state index contributed by atoms with van der Waals surface area (Å²) in [5.74, 6) is 1.68. The Morgan fingerprint density at radius 2 is 2.06 bits per heavy atom. The van der Waals surface area contributed by atoms with Gasteiger partial charge < -0.3 is 10.6 Å². The minimum atomic E-state index is 0.165. The Kier molecular flexibility index (Phi) is 3.62. The summed E-state index contributed by atoms with van der Waals surface area (Å²) in [6.45, 7) is 10.9. The van der Waals surface area contributed by atoms with Crippen LogP contribution < -0.4 is 10.6 Å². The Labute approximate surface area is 110 Å². The van der Waals surface area contributed by atoms with E-state index in [1.54, 1.807) is 0 Å². The number of hydrogen-bond acceptors (Lipinski definition) is 3. The van der Waals surface area contributed by atoms with Crippen molar-refractivity contribution in [1.29, 1.82) is 0 Å². The largest absolute Gasteiger partial charge is 0.355 e. The average Bonchev–Trinajstić information content (AvgIpc) is 2.32. The molecule has 3 heteroatoms. The lowest BCUT2D eigenvalue weighted by molar-refractivity contribution is 0.378. The molecule has 0 aromatic carbocycles. The first-order valence-corrected chi connectivity index (χ1v) is 6.85. The van der Waals surface area contributed by atoms with Crippen LogP contribution in [0, 0.1) is 5.92 Å². The van der Waals surface area contributed by atoms with Gasteiger partial charge in [-0.3, -0.25) is 0 Å². The monoisotopic (exact) mass is 247 g/mol. The Bertz CT molecular complexity index is 391. The van der Waals surface area contributed by atoms with Gasteiger partial charge in [-0.1, -0.05) is 33.8 Å². The molecule has 1 aliphatic heterocycles. The molecule has 0 amide bonds. The smallest absolute Gasteiger partial charge is 0.128 e. The molecule has 2 rings (SSSR count). The van der Waals surface area contributed by atoms with Crippen LogP contribution in [0.3, 0.4) is 0 Å². The van der Waals surface area contributed by atoms with E-state index in [1.807, 2.05) is 6.20 Å². The minimum absolute atomic E-state index is 0.165. The highest BCUT2D eigenvalue weighted by Gasteiger charge is 2.24. The van der Waals surface area contributed by atoms with E-state index < -0.39 is 0 Å². The van der Waals surface area contributed by atoms with Crippen LogP contribution in [0.25, 0.3) is 0 Å². The number of aromatic nitrogens is 1. The van der Waals surface area contributed by atoms with E-state index >= 15 is 0 Å². The molecular formula is C15H25N3.